The van der Waals surface area contributed by atoms with Crippen LogP contribution in [0.15, 0.2) is 80.1 Å². The van der Waals surface area contributed by atoms with E-state index in [0.717, 1.165) is 12.1 Å². The smallest absolute Gasteiger partial charge is 0.339 e. The Morgan fingerprint density at radius 3 is 2.11 bits per heavy atom. The van der Waals surface area contributed by atoms with Gasteiger partial charge < -0.3 is 4.18 Å². The third-order valence-electron chi connectivity index (χ3n) is 4.81. The monoisotopic (exact) mass is 656 g/mol. The lowest BCUT2D eigenvalue weighted by molar-refractivity contribution is -0.122. The van der Waals surface area contributed by atoms with Crippen molar-refractivity contribution >= 4 is 83.2 Å². The number of anilines is 1. The van der Waals surface area contributed by atoms with E-state index in [0.29, 0.717) is 15.5 Å². The number of urea groups is 1. The Bertz CT molecular complexity index is 1520. The molecule has 4 rings (SSSR count). The molecule has 1 aliphatic heterocycles. The van der Waals surface area contributed by atoms with Crippen molar-refractivity contribution < 1.29 is 31.4 Å². The van der Waals surface area contributed by atoms with Gasteiger partial charge in [-0.3, -0.25) is 14.9 Å². The van der Waals surface area contributed by atoms with Crippen molar-refractivity contribution in [2.45, 2.75) is 4.90 Å². The van der Waals surface area contributed by atoms with Crippen LogP contribution in [0.4, 0.5) is 14.9 Å². The van der Waals surface area contributed by atoms with Gasteiger partial charge >= 0.3 is 16.1 Å². The molecule has 0 aliphatic carbocycles. The van der Waals surface area contributed by atoms with Gasteiger partial charge in [0, 0.05) is 5.02 Å². The van der Waals surface area contributed by atoms with Crippen molar-refractivity contribution in [2.75, 3.05) is 4.90 Å². The number of carbonyl (C=O) groups is 3. The molecular weight excluding hydrogens is 647 g/mol. The number of hydrogen-bond donors (Lipinski definition) is 1. The van der Waals surface area contributed by atoms with E-state index in [9.17, 15) is 27.2 Å². The summed E-state index contributed by atoms with van der Waals surface area (Å²) < 4.78 is 44.2. The van der Waals surface area contributed by atoms with Crippen LogP contribution in [-0.2, 0) is 19.7 Å². The van der Waals surface area contributed by atoms with Gasteiger partial charge in [0.15, 0.2) is 5.75 Å². The second-order valence-electron chi connectivity index (χ2n) is 7.24. The van der Waals surface area contributed by atoms with Crippen molar-refractivity contribution in [3.05, 3.63) is 91.6 Å². The van der Waals surface area contributed by atoms with Gasteiger partial charge in [-0.05, 0) is 104 Å². The van der Waals surface area contributed by atoms with Crippen LogP contribution < -0.4 is 14.4 Å². The molecule has 3 aromatic carbocycles. The van der Waals surface area contributed by atoms with Crippen LogP contribution in [0.25, 0.3) is 6.08 Å². The summed E-state index contributed by atoms with van der Waals surface area (Å²) in [5, 5.41) is 2.42. The van der Waals surface area contributed by atoms with Gasteiger partial charge in [-0.1, -0.05) is 11.6 Å². The molecule has 8 nitrogen and oxygen atoms in total. The molecule has 1 N–H and O–H groups in total. The number of hydrogen-bond acceptors (Lipinski definition) is 6. The quantitative estimate of drug-likeness (QED) is 0.222. The normalized spacial score (nSPS) is 15.3. The van der Waals surface area contributed by atoms with Gasteiger partial charge in [0.05, 0.1) is 14.6 Å². The summed E-state index contributed by atoms with van der Waals surface area (Å²) in [7, 11) is -4.20. The molecule has 1 fully saturated rings. The van der Waals surface area contributed by atoms with Crippen molar-refractivity contribution in [3.63, 3.8) is 0 Å². The highest BCUT2D eigenvalue weighted by Crippen LogP contribution is 2.37. The Hall–Kier alpha value is -3.06. The molecule has 36 heavy (non-hydrogen) atoms. The highest BCUT2D eigenvalue weighted by molar-refractivity contribution is 9.11. The van der Waals surface area contributed by atoms with Crippen LogP contribution >= 0.6 is 43.5 Å². The highest BCUT2D eigenvalue weighted by atomic mass is 79.9. The minimum atomic E-state index is -4.20. The molecule has 0 saturated carbocycles. The molecule has 0 radical (unpaired) electrons. The number of nitrogens with one attached hydrogen (secondary N) is 1. The second-order valence-corrected chi connectivity index (χ2v) is 10.9. The topological polar surface area (TPSA) is 110 Å². The van der Waals surface area contributed by atoms with Gasteiger partial charge in [-0.2, -0.15) is 8.42 Å². The van der Waals surface area contributed by atoms with Gasteiger partial charge in [0.1, 0.15) is 16.3 Å². The third kappa shape index (κ3) is 5.36. The lowest BCUT2D eigenvalue weighted by Crippen LogP contribution is -2.54. The average molecular weight is 659 g/mol. The number of nitrogens with zero attached hydrogens (tertiary/aromatic N) is 1. The zero-order valence-corrected chi connectivity index (χ0v) is 22.4. The Morgan fingerprint density at radius 2 is 1.53 bits per heavy atom. The third-order valence-corrected chi connectivity index (χ3v) is 7.48. The van der Waals surface area contributed by atoms with Gasteiger partial charge in [-0.25, -0.2) is 14.1 Å². The first kappa shape index (κ1) is 26.0. The summed E-state index contributed by atoms with van der Waals surface area (Å²) in [6.45, 7) is 0. The molecule has 13 heteroatoms. The number of benzene rings is 3. The van der Waals surface area contributed by atoms with Crippen molar-refractivity contribution in [3.8, 4) is 5.75 Å². The molecule has 1 saturated heterocycles. The van der Waals surface area contributed by atoms with Crippen LogP contribution in [0, 0.1) is 5.82 Å². The van der Waals surface area contributed by atoms with E-state index in [4.69, 9.17) is 15.8 Å². The first-order chi connectivity index (χ1) is 17.0. The molecule has 3 aromatic rings. The molecule has 0 bridgehead atoms. The van der Waals surface area contributed by atoms with Crippen LogP contribution in [0.1, 0.15) is 5.56 Å². The summed E-state index contributed by atoms with van der Waals surface area (Å²) in [4.78, 5) is 38.3. The molecule has 184 valence electrons. The number of rotatable bonds is 5. The molecule has 1 heterocycles. The maximum atomic E-state index is 13.3. The number of imide groups is 2. The van der Waals surface area contributed by atoms with Crippen LogP contribution in [0.5, 0.6) is 5.75 Å². The predicted molar refractivity (Wildman–Crippen MR) is 137 cm³/mol. The second kappa shape index (κ2) is 10.1. The molecule has 0 atom stereocenters. The maximum Gasteiger partial charge on any atom is 0.339 e. The minimum absolute atomic E-state index is 0.0656. The molecule has 4 amide bonds. The van der Waals surface area contributed by atoms with Crippen LogP contribution in [0.3, 0.4) is 0 Å². The first-order valence-electron chi connectivity index (χ1n) is 9.82. The van der Waals surface area contributed by atoms with Gasteiger partial charge in [-0.15, -0.1) is 0 Å². The number of amides is 4. The SMILES string of the molecule is O=C1NC(=O)N(c2ccc(F)cc2)C(=O)/C1=C/c1cc(Br)c(OS(=O)(=O)c2ccc(Cl)cc2)c(Br)c1. The Balaban J connectivity index is 1.66. The number of barbiturate groups is 1. The lowest BCUT2D eigenvalue weighted by atomic mass is 10.1. The van der Waals surface area contributed by atoms with E-state index in [1.54, 1.807) is 0 Å². The molecule has 0 unspecified atom stereocenters. The van der Waals surface area contributed by atoms with Crippen LogP contribution in [0.2, 0.25) is 5.02 Å². The fraction of sp³-hybridized carbons (Fsp3) is 0. The summed E-state index contributed by atoms with van der Waals surface area (Å²) >= 11 is 12.3. The average Bonchev–Trinajstić information content (AvgIpc) is 2.80. The summed E-state index contributed by atoms with van der Waals surface area (Å²) in [5.74, 6) is -2.49. The van der Waals surface area contributed by atoms with E-state index in [-0.39, 0.29) is 30.9 Å². The van der Waals surface area contributed by atoms with Crippen molar-refractivity contribution in [2.24, 2.45) is 0 Å². The zero-order valence-electron chi connectivity index (χ0n) is 17.7. The van der Waals surface area contributed by atoms with E-state index < -0.39 is 33.8 Å². The van der Waals surface area contributed by atoms with Gasteiger partial charge in [0.2, 0.25) is 0 Å². The molecule has 0 aromatic heterocycles. The van der Waals surface area contributed by atoms with E-state index in [1.807, 2.05) is 0 Å². The zero-order chi connectivity index (χ0) is 26.2. The number of halogens is 4. The van der Waals surface area contributed by atoms with Crippen molar-refractivity contribution in [1.82, 2.24) is 5.32 Å². The fourth-order valence-corrected chi connectivity index (χ4v) is 5.84. The summed E-state index contributed by atoms with van der Waals surface area (Å²) in [6, 6.07) is 11.8. The number of carbonyl (C=O) groups excluding carboxylic acids is 3. The van der Waals surface area contributed by atoms with Crippen molar-refractivity contribution in [1.29, 1.82) is 0 Å². The van der Waals surface area contributed by atoms with Crippen LogP contribution in [-0.4, -0.2) is 26.3 Å². The summed E-state index contributed by atoms with van der Waals surface area (Å²) in [6.07, 6.45) is 1.22. The maximum absolute atomic E-state index is 13.3. The standard InChI is InChI=1S/C23H12Br2ClFN2O6S/c24-18-10-12(11-19(25)20(18)35-36(33,34)16-7-1-13(26)2-8-16)9-17-21(30)28-23(32)29(22(17)31)15-5-3-14(27)4-6-15/h1-11H,(H,28,30,32)/b17-9+. The Kier molecular flexibility index (Phi) is 7.32. The van der Waals surface area contributed by atoms with E-state index >= 15 is 0 Å². The highest BCUT2D eigenvalue weighted by Gasteiger charge is 2.37. The Morgan fingerprint density at radius 1 is 0.944 bits per heavy atom. The fourth-order valence-electron chi connectivity index (χ4n) is 3.15. The predicted octanol–water partition coefficient (Wildman–Crippen LogP) is 5.44. The van der Waals surface area contributed by atoms with E-state index in [2.05, 4.69) is 37.2 Å². The largest absolute Gasteiger partial charge is 0.377 e. The molecule has 0 spiro atoms. The molecular formula is C23H12Br2ClFN2O6S. The first-order valence-corrected chi connectivity index (χ1v) is 13.2. The van der Waals surface area contributed by atoms with E-state index in [1.165, 1.54) is 54.6 Å². The van der Waals surface area contributed by atoms with Gasteiger partial charge in [0.25, 0.3) is 11.8 Å². The molecule has 1 aliphatic rings. The summed E-state index contributed by atoms with van der Waals surface area (Å²) in [5.41, 5.74) is -0.00658. The lowest BCUT2D eigenvalue weighted by Gasteiger charge is -2.26. The minimum Gasteiger partial charge on any atom is -0.377 e. The Labute approximate surface area is 226 Å².